The van der Waals surface area contributed by atoms with E-state index in [1.54, 1.807) is 20.8 Å². The maximum Gasteiger partial charge on any atom is 0.390 e. The van der Waals surface area contributed by atoms with Crippen molar-refractivity contribution in [1.29, 1.82) is 0 Å². The van der Waals surface area contributed by atoms with Gasteiger partial charge in [0.15, 0.2) is 0 Å². The Hall–Kier alpha value is -1.27. The quantitative estimate of drug-likeness (QED) is 0.819. The van der Waals surface area contributed by atoms with Crippen LogP contribution < -0.4 is 5.32 Å². The van der Waals surface area contributed by atoms with Gasteiger partial charge in [-0.15, -0.1) is 0 Å². The van der Waals surface area contributed by atoms with Crippen molar-refractivity contribution in [2.24, 2.45) is 5.41 Å². The summed E-state index contributed by atoms with van der Waals surface area (Å²) in [5.41, 5.74) is -0.524. The van der Waals surface area contributed by atoms with Crippen LogP contribution in [0.3, 0.4) is 0 Å². The maximum absolute atomic E-state index is 12.1. The molecule has 1 unspecified atom stereocenters. The molecule has 1 aliphatic rings. The smallest absolute Gasteiger partial charge is 0.342 e. The van der Waals surface area contributed by atoms with Gasteiger partial charge in [0.05, 0.1) is 13.0 Å². The van der Waals surface area contributed by atoms with Crippen LogP contribution in [0, 0.1) is 5.41 Å². The lowest BCUT2D eigenvalue weighted by Crippen LogP contribution is -2.62. The number of nitrogens with zero attached hydrogens (tertiary/aromatic N) is 1. The SMILES string of the molecule is CC(C)(C)C1NC(=O)CN(CCC(F)(F)F)C1=O. The van der Waals surface area contributed by atoms with Crippen molar-refractivity contribution in [3.05, 3.63) is 0 Å². The average molecular weight is 266 g/mol. The molecule has 1 atom stereocenters. The van der Waals surface area contributed by atoms with Crippen molar-refractivity contribution in [2.75, 3.05) is 13.1 Å². The fraction of sp³-hybridized carbons (Fsp3) is 0.818. The minimum atomic E-state index is -4.33. The summed E-state index contributed by atoms with van der Waals surface area (Å²) in [7, 11) is 0. The standard InChI is InChI=1S/C11H17F3N2O2/c1-10(2,3)8-9(18)16(6-7(17)15-8)5-4-11(12,13)14/h8H,4-6H2,1-3H3,(H,15,17). The molecular formula is C11H17F3N2O2. The number of piperazine rings is 1. The van der Waals surface area contributed by atoms with Gasteiger partial charge >= 0.3 is 6.18 Å². The van der Waals surface area contributed by atoms with E-state index in [0.717, 1.165) is 4.90 Å². The van der Waals surface area contributed by atoms with E-state index in [4.69, 9.17) is 0 Å². The normalized spacial score (nSPS) is 22.1. The molecule has 1 heterocycles. The van der Waals surface area contributed by atoms with Gasteiger partial charge < -0.3 is 10.2 Å². The summed E-state index contributed by atoms with van der Waals surface area (Å²) in [5, 5.41) is 2.52. The number of rotatable bonds is 2. The van der Waals surface area contributed by atoms with E-state index in [-0.39, 0.29) is 6.54 Å². The molecule has 0 spiro atoms. The number of amides is 2. The first-order valence-electron chi connectivity index (χ1n) is 5.65. The third-order valence-electron chi connectivity index (χ3n) is 2.73. The fourth-order valence-electron chi connectivity index (χ4n) is 1.74. The summed E-state index contributed by atoms with van der Waals surface area (Å²) in [4.78, 5) is 24.4. The predicted octanol–water partition coefficient (Wildman–Crippen LogP) is 1.31. The molecular weight excluding hydrogens is 249 g/mol. The van der Waals surface area contributed by atoms with Crippen molar-refractivity contribution < 1.29 is 22.8 Å². The summed E-state index contributed by atoms with van der Waals surface area (Å²) in [5.74, 6) is -0.872. The van der Waals surface area contributed by atoms with Crippen LogP contribution in [-0.2, 0) is 9.59 Å². The number of hydrogen-bond donors (Lipinski definition) is 1. The summed E-state index contributed by atoms with van der Waals surface area (Å²) in [6.07, 6.45) is -5.42. The molecule has 0 aliphatic carbocycles. The van der Waals surface area contributed by atoms with Crippen molar-refractivity contribution in [3.63, 3.8) is 0 Å². The minimum Gasteiger partial charge on any atom is -0.342 e. The van der Waals surface area contributed by atoms with Crippen molar-refractivity contribution in [3.8, 4) is 0 Å². The molecule has 1 fully saturated rings. The molecule has 4 nitrogen and oxygen atoms in total. The molecule has 18 heavy (non-hydrogen) atoms. The van der Waals surface area contributed by atoms with Crippen molar-refractivity contribution in [2.45, 2.75) is 39.4 Å². The predicted molar refractivity (Wildman–Crippen MR) is 58.6 cm³/mol. The van der Waals surface area contributed by atoms with Gasteiger partial charge in [-0.1, -0.05) is 20.8 Å². The van der Waals surface area contributed by atoms with Gasteiger partial charge in [0, 0.05) is 6.54 Å². The Kier molecular flexibility index (Phi) is 3.92. The van der Waals surface area contributed by atoms with Crippen LogP contribution in [0.25, 0.3) is 0 Å². The highest BCUT2D eigenvalue weighted by Crippen LogP contribution is 2.25. The van der Waals surface area contributed by atoms with E-state index in [9.17, 15) is 22.8 Å². The minimum absolute atomic E-state index is 0.304. The first kappa shape index (κ1) is 14.8. The van der Waals surface area contributed by atoms with E-state index >= 15 is 0 Å². The van der Waals surface area contributed by atoms with Crippen molar-refractivity contribution in [1.82, 2.24) is 10.2 Å². The molecule has 1 N–H and O–H groups in total. The van der Waals surface area contributed by atoms with Crippen LogP contribution in [-0.4, -0.2) is 42.0 Å². The average Bonchev–Trinajstić information content (AvgIpc) is 2.16. The maximum atomic E-state index is 12.1. The summed E-state index contributed by atoms with van der Waals surface area (Å²) in [6.45, 7) is 4.49. The molecule has 0 bridgehead atoms. The molecule has 0 aromatic carbocycles. The lowest BCUT2D eigenvalue weighted by molar-refractivity contribution is -0.155. The molecule has 104 valence electrons. The van der Waals surface area contributed by atoms with Gasteiger partial charge in [0.1, 0.15) is 6.04 Å². The highest BCUT2D eigenvalue weighted by molar-refractivity contribution is 5.95. The number of halogens is 3. The van der Waals surface area contributed by atoms with Gasteiger partial charge in [-0.05, 0) is 5.41 Å². The zero-order valence-corrected chi connectivity index (χ0v) is 10.6. The molecule has 0 saturated carbocycles. The summed E-state index contributed by atoms with van der Waals surface area (Å²) in [6, 6.07) is -0.771. The Labute approximate surface area is 104 Å². The van der Waals surface area contributed by atoms with Crippen LogP contribution in [0.2, 0.25) is 0 Å². The lowest BCUT2D eigenvalue weighted by atomic mass is 9.85. The Morgan fingerprint density at radius 2 is 1.83 bits per heavy atom. The van der Waals surface area contributed by atoms with Gasteiger partial charge in [0.2, 0.25) is 11.8 Å². The molecule has 0 aromatic heterocycles. The van der Waals surface area contributed by atoms with Crippen LogP contribution in [0.15, 0.2) is 0 Å². The number of carbonyl (C=O) groups is 2. The zero-order valence-electron chi connectivity index (χ0n) is 10.6. The monoisotopic (exact) mass is 266 g/mol. The topological polar surface area (TPSA) is 49.4 Å². The van der Waals surface area contributed by atoms with Gasteiger partial charge in [-0.3, -0.25) is 9.59 Å². The molecule has 0 aromatic rings. The van der Waals surface area contributed by atoms with Gasteiger partial charge in [-0.2, -0.15) is 13.2 Å². The van der Waals surface area contributed by atoms with E-state index in [1.807, 2.05) is 0 Å². The Morgan fingerprint density at radius 3 is 2.28 bits per heavy atom. The van der Waals surface area contributed by atoms with E-state index in [2.05, 4.69) is 5.32 Å². The van der Waals surface area contributed by atoms with Crippen LogP contribution >= 0.6 is 0 Å². The second-order valence-corrected chi connectivity index (χ2v) is 5.49. The molecule has 1 aliphatic heterocycles. The largest absolute Gasteiger partial charge is 0.390 e. The van der Waals surface area contributed by atoms with E-state index in [1.165, 1.54) is 0 Å². The van der Waals surface area contributed by atoms with E-state index < -0.39 is 42.4 Å². The van der Waals surface area contributed by atoms with Crippen molar-refractivity contribution >= 4 is 11.8 Å². The second-order valence-electron chi connectivity index (χ2n) is 5.49. The molecule has 1 saturated heterocycles. The Morgan fingerprint density at radius 1 is 1.28 bits per heavy atom. The highest BCUT2D eigenvalue weighted by atomic mass is 19.4. The Bertz CT molecular complexity index is 347. The zero-order chi connectivity index (χ0) is 14.1. The molecule has 1 rings (SSSR count). The second kappa shape index (κ2) is 4.78. The third kappa shape index (κ3) is 3.89. The first-order valence-corrected chi connectivity index (χ1v) is 5.65. The molecule has 7 heteroatoms. The Balaban J connectivity index is 2.74. The van der Waals surface area contributed by atoms with Gasteiger partial charge in [0.25, 0.3) is 0 Å². The lowest BCUT2D eigenvalue weighted by Gasteiger charge is -2.38. The van der Waals surface area contributed by atoms with E-state index in [0.29, 0.717) is 0 Å². The van der Waals surface area contributed by atoms with Gasteiger partial charge in [-0.25, -0.2) is 0 Å². The highest BCUT2D eigenvalue weighted by Gasteiger charge is 2.40. The fourth-order valence-corrected chi connectivity index (χ4v) is 1.74. The van der Waals surface area contributed by atoms with Crippen LogP contribution in [0.1, 0.15) is 27.2 Å². The molecule has 2 amide bonds. The number of nitrogens with one attached hydrogen (secondary N) is 1. The summed E-state index contributed by atoms with van der Waals surface area (Å²) < 4.78 is 36.4. The van der Waals surface area contributed by atoms with Crippen LogP contribution in [0.4, 0.5) is 13.2 Å². The summed E-state index contributed by atoms with van der Waals surface area (Å²) >= 11 is 0. The number of hydrogen-bond acceptors (Lipinski definition) is 2. The third-order valence-corrected chi connectivity index (χ3v) is 2.73. The molecule has 0 radical (unpaired) electrons. The number of alkyl halides is 3. The number of carbonyl (C=O) groups excluding carboxylic acids is 2. The van der Waals surface area contributed by atoms with Crippen LogP contribution in [0.5, 0.6) is 0 Å². The first-order chi connectivity index (χ1) is 8.00.